The van der Waals surface area contributed by atoms with Crippen molar-refractivity contribution < 1.29 is 23.1 Å². The quantitative estimate of drug-likeness (QED) is 0.284. The standard InChI is InChI=1S/C30H26F3NO2/c1-19(2)15-26(29(35)36)24-17-27(21-11-13-25(14-12-21)30(31,32)33)34-28(18-24)23-10-6-9-22(16-23)20-7-4-3-5-8-20/h3-14,16-19,26H,15H2,1-2H3,(H,35,36). The zero-order chi connectivity index (χ0) is 25.9. The number of carboxylic acid groups (broad SMARTS) is 1. The highest BCUT2D eigenvalue weighted by atomic mass is 19.4. The molecular formula is C30H26F3NO2. The molecule has 36 heavy (non-hydrogen) atoms. The second kappa shape index (κ2) is 10.4. The minimum atomic E-state index is -4.44. The number of hydrogen-bond acceptors (Lipinski definition) is 2. The maximum atomic E-state index is 13.1. The minimum Gasteiger partial charge on any atom is -0.481 e. The van der Waals surface area contributed by atoms with Gasteiger partial charge in [0.05, 0.1) is 22.9 Å². The van der Waals surface area contributed by atoms with E-state index in [1.54, 1.807) is 12.1 Å². The first-order valence-electron chi connectivity index (χ1n) is 11.7. The summed E-state index contributed by atoms with van der Waals surface area (Å²) in [5, 5.41) is 9.97. The van der Waals surface area contributed by atoms with E-state index in [1.165, 1.54) is 12.1 Å². The number of benzene rings is 3. The number of carboxylic acids is 1. The van der Waals surface area contributed by atoms with E-state index < -0.39 is 23.6 Å². The van der Waals surface area contributed by atoms with E-state index >= 15 is 0 Å². The monoisotopic (exact) mass is 489 g/mol. The fourth-order valence-corrected chi connectivity index (χ4v) is 4.22. The van der Waals surface area contributed by atoms with Crippen molar-refractivity contribution in [3.8, 4) is 33.6 Å². The van der Waals surface area contributed by atoms with Crippen LogP contribution in [0.15, 0.2) is 91.0 Å². The molecular weight excluding hydrogens is 463 g/mol. The molecule has 0 aliphatic carbocycles. The van der Waals surface area contributed by atoms with Gasteiger partial charge in [0.2, 0.25) is 0 Å². The first-order valence-corrected chi connectivity index (χ1v) is 11.7. The third-order valence-corrected chi connectivity index (χ3v) is 6.03. The Morgan fingerprint density at radius 3 is 1.94 bits per heavy atom. The Bertz CT molecular complexity index is 1350. The molecule has 0 aliphatic heterocycles. The SMILES string of the molecule is CC(C)CC(C(=O)O)c1cc(-c2ccc(C(F)(F)F)cc2)nc(-c2cccc(-c3ccccc3)c2)c1. The van der Waals surface area contributed by atoms with Gasteiger partial charge in [0.1, 0.15) is 0 Å². The number of hydrogen-bond donors (Lipinski definition) is 1. The highest BCUT2D eigenvalue weighted by molar-refractivity contribution is 5.79. The van der Waals surface area contributed by atoms with Crippen LogP contribution in [-0.2, 0) is 11.0 Å². The summed E-state index contributed by atoms with van der Waals surface area (Å²) in [6, 6.07) is 25.8. The summed E-state index contributed by atoms with van der Waals surface area (Å²) in [7, 11) is 0. The van der Waals surface area contributed by atoms with Crippen LogP contribution in [0.2, 0.25) is 0 Å². The third kappa shape index (κ3) is 5.82. The molecule has 0 saturated carbocycles. The molecule has 184 valence electrons. The first kappa shape index (κ1) is 25.2. The van der Waals surface area contributed by atoms with E-state index in [2.05, 4.69) is 0 Å². The number of rotatable bonds is 7. The minimum absolute atomic E-state index is 0.138. The van der Waals surface area contributed by atoms with Gasteiger partial charge in [-0.1, -0.05) is 74.5 Å². The number of nitrogens with zero attached hydrogens (tertiary/aromatic N) is 1. The Labute approximate surface area is 208 Å². The van der Waals surface area contributed by atoms with Crippen molar-refractivity contribution >= 4 is 5.97 Å². The Morgan fingerprint density at radius 2 is 1.36 bits per heavy atom. The topological polar surface area (TPSA) is 50.2 Å². The molecule has 6 heteroatoms. The predicted octanol–water partition coefficient (Wildman–Crippen LogP) is 8.32. The molecule has 3 aromatic carbocycles. The lowest BCUT2D eigenvalue weighted by Crippen LogP contribution is -2.14. The average Bonchev–Trinajstić information content (AvgIpc) is 2.87. The van der Waals surface area contributed by atoms with Crippen LogP contribution in [0.4, 0.5) is 13.2 Å². The highest BCUT2D eigenvalue weighted by Gasteiger charge is 2.30. The second-order valence-electron chi connectivity index (χ2n) is 9.21. The lowest BCUT2D eigenvalue weighted by atomic mass is 9.88. The molecule has 0 saturated heterocycles. The Kier molecular flexibility index (Phi) is 7.25. The van der Waals surface area contributed by atoms with Crippen molar-refractivity contribution in [3.05, 3.63) is 102 Å². The predicted molar refractivity (Wildman–Crippen MR) is 135 cm³/mol. The van der Waals surface area contributed by atoms with Gasteiger partial charge >= 0.3 is 12.1 Å². The van der Waals surface area contributed by atoms with E-state index in [9.17, 15) is 23.1 Å². The van der Waals surface area contributed by atoms with Crippen LogP contribution in [0, 0.1) is 5.92 Å². The van der Waals surface area contributed by atoms with E-state index in [0.29, 0.717) is 28.9 Å². The molecule has 1 aromatic heterocycles. The fourth-order valence-electron chi connectivity index (χ4n) is 4.22. The summed E-state index contributed by atoms with van der Waals surface area (Å²) < 4.78 is 39.3. The third-order valence-electron chi connectivity index (χ3n) is 6.03. The number of aliphatic carboxylic acids is 1. The maximum absolute atomic E-state index is 13.1. The number of aromatic nitrogens is 1. The number of carbonyl (C=O) groups is 1. The molecule has 0 bridgehead atoms. The van der Waals surface area contributed by atoms with Gasteiger partial charge in [-0.15, -0.1) is 0 Å². The summed E-state index contributed by atoms with van der Waals surface area (Å²) in [4.78, 5) is 16.9. The summed E-state index contributed by atoms with van der Waals surface area (Å²) in [6.07, 6.45) is -4.02. The molecule has 4 aromatic rings. The Morgan fingerprint density at radius 1 is 0.778 bits per heavy atom. The van der Waals surface area contributed by atoms with Gasteiger partial charge in [0, 0.05) is 11.1 Å². The van der Waals surface area contributed by atoms with Crippen molar-refractivity contribution in [1.29, 1.82) is 0 Å². The van der Waals surface area contributed by atoms with E-state index in [-0.39, 0.29) is 5.92 Å². The molecule has 1 N–H and O–H groups in total. The zero-order valence-electron chi connectivity index (χ0n) is 20.0. The van der Waals surface area contributed by atoms with Gasteiger partial charge in [-0.05, 0) is 59.4 Å². The Hall–Kier alpha value is -3.93. The fraction of sp³-hybridized carbons (Fsp3) is 0.200. The van der Waals surface area contributed by atoms with Gasteiger partial charge in [0.25, 0.3) is 0 Å². The van der Waals surface area contributed by atoms with Gasteiger partial charge in [-0.25, -0.2) is 4.98 Å². The zero-order valence-corrected chi connectivity index (χ0v) is 20.0. The van der Waals surface area contributed by atoms with E-state index in [0.717, 1.165) is 28.8 Å². The first-order chi connectivity index (χ1) is 17.1. The van der Waals surface area contributed by atoms with Crippen LogP contribution in [0.25, 0.3) is 33.6 Å². The van der Waals surface area contributed by atoms with Gasteiger partial charge < -0.3 is 5.11 Å². The number of halogens is 3. The Balaban J connectivity index is 1.85. The van der Waals surface area contributed by atoms with Gasteiger partial charge in [-0.2, -0.15) is 13.2 Å². The van der Waals surface area contributed by atoms with Crippen LogP contribution in [0.1, 0.15) is 37.3 Å². The molecule has 4 rings (SSSR count). The molecule has 0 radical (unpaired) electrons. The molecule has 0 spiro atoms. The van der Waals surface area contributed by atoms with Crippen LogP contribution >= 0.6 is 0 Å². The van der Waals surface area contributed by atoms with Crippen LogP contribution in [0.3, 0.4) is 0 Å². The average molecular weight is 490 g/mol. The van der Waals surface area contributed by atoms with E-state index in [4.69, 9.17) is 4.98 Å². The van der Waals surface area contributed by atoms with Crippen LogP contribution < -0.4 is 0 Å². The summed E-state index contributed by atoms with van der Waals surface area (Å²) in [5.74, 6) is -1.58. The maximum Gasteiger partial charge on any atom is 0.416 e. The van der Waals surface area contributed by atoms with Crippen molar-refractivity contribution in [2.24, 2.45) is 5.92 Å². The molecule has 1 unspecified atom stereocenters. The molecule has 0 aliphatic rings. The molecule has 3 nitrogen and oxygen atoms in total. The molecule has 0 amide bonds. The smallest absolute Gasteiger partial charge is 0.416 e. The molecule has 1 heterocycles. The normalized spacial score (nSPS) is 12.5. The molecule has 0 fully saturated rings. The summed E-state index contributed by atoms with van der Waals surface area (Å²) >= 11 is 0. The van der Waals surface area contributed by atoms with Crippen LogP contribution in [-0.4, -0.2) is 16.1 Å². The van der Waals surface area contributed by atoms with Gasteiger partial charge in [-0.3, -0.25) is 4.79 Å². The largest absolute Gasteiger partial charge is 0.481 e. The van der Waals surface area contributed by atoms with Crippen molar-refractivity contribution in [2.75, 3.05) is 0 Å². The van der Waals surface area contributed by atoms with Crippen LogP contribution in [0.5, 0.6) is 0 Å². The second-order valence-corrected chi connectivity index (χ2v) is 9.21. The summed E-state index contributed by atoms with van der Waals surface area (Å²) in [5.41, 5.74) is 4.10. The summed E-state index contributed by atoms with van der Waals surface area (Å²) in [6.45, 7) is 3.91. The van der Waals surface area contributed by atoms with Gasteiger partial charge in [0.15, 0.2) is 0 Å². The highest BCUT2D eigenvalue weighted by Crippen LogP contribution is 2.35. The van der Waals surface area contributed by atoms with Crippen molar-refractivity contribution in [2.45, 2.75) is 32.4 Å². The molecule has 1 atom stereocenters. The van der Waals surface area contributed by atoms with Crippen molar-refractivity contribution in [1.82, 2.24) is 4.98 Å². The number of pyridine rings is 1. The van der Waals surface area contributed by atoms with E-state index in [1.807, 2.05) is 68.4 Å². The lowest BCUT2D eigenvalue weighted by molar-refractivity contribution is -0.139. The number of alkyl halides is 3. The lowest BCUT2D eigenvalue weighted by Gasteiger charge is -2.18. The van der Waals surface area contributed by atoms with Crippen molar-refractivity contribution in [3.63, 3.8) is 0 Å².